The summed E-state index contributed by atoms with van der Waals surface area (Å²) >= 11 is 0. The van der Waals surface area contributed by atoms with Crippen LogP contribution in [0.15, 0.2) is 41.2 Å². The molecule has 5 nitrogen and oxygen atoms in total. The Morgan fingerprint density at radius 3 is 2.34 bits per heavy atom. The minimum absolute atomic E-state index is 0.142. The second-order valence-corrected chi connectivity index (χ2v) is 7.43. The van der Waals surface area contributed by atoms with Crippen LogP contribution in [0.3, 0.4) is 0 Å². The van der Waals surface area contributed by atoms with E-state index < -0.39 is 11.5 Å². The standard InChI is InChI=1S/C22H23F2N3O2/c1-2-20(28)26-19-14-18(24)13-16(12-15-6-8-17(23)9-7-15)21(19)27(22(26)29)25-10-4-3-5-11-25/h6-9,13-14H,2-5,10-12H2,1H3. The van der Waals surface area contributed by atoms with Crippen LogP contribution in [-0.4, -0.2) is 28.2 Å². The summed E-state index contributed by atoms with van der Waals surface area (Å²) in [5, 5.41) is 1.94. The number of nitrogens with zero attached hydrogens (tertiary/aromatic N) is 3. The minimum atomic E-state index is -0.511. The van der Waals surface area contributed by atoms with Gasteiger partial charge >= 0.3 is 5.69 Å². The van der Waals surface area contributed by atoms with Gasteiger partial charge in [0, 0.05) is 25.6 Å². The highest BCUT2D eigenvalue weighted by Gasteiger charge is 2.25. The van der Waals surface area contributed by atoms with Crippen molar-refractivity contribution in [3.05, 3.63) is 69.6 Å². The van der Waals surface area contributed by atoms with Gasteiger partial charge in [0.2, 0.25) is 5.91 Å². The first kappa shape index (κ1) is 19.4. The molecule has 0 saturated carbocycles. The molecule has 29 heavy (non-hydrogen) atoms. The quantitative estimate of drug-likeness (QED) is 0.670. The van der Waals surface area contributed by atoms with E-state index in [1.165, 1.54) is 24.3 Å². The van der Waals surface area contributed by atoms with Gasteiger partial charge in [-0.15, -0.1) is 0 Å². The van der Waals surface area contributed by atoms with Crippen molar-refractivity contribution in [2.45, 2.75) is 39.0 Å². The average molecular weight is 399 g/mol. The first-order valence-corrected chi connectivity index (χ1v) is 9.98. The van der Waals surface area contributed by atoms with Gasteiger partial charge in [-0.1, -0.05) is 19.1 Å². The Bertz CT molecular complexity index is 1110. The van der Waals surface area contributed by atoms with E-state index in [4.69, 9.17) is 0 Å². The summed E-state index contributed by atoms with van der Waals surface area (Å²) in [4.78, 5) is 25.8. The number of carbonyl (C=O) groups is 1. The number of imidazole rings is 1. The molecule has 4 rings (SSSR count). The zero-order valence-corrected chi connectivity index (χ0v) is 16.3. The van der Waals surface area contributed by atoms with Gasteiger partial charge in [-0.25, -0.2) is 22.8 Å². The molecule has 1 aliphatic rings. The lowest BCUT2D eigenvalue weighted by Crippen LogP contribution is -2.46. The Labute approximate surface area is 167 Å². The van der Waals surface area contributed by atoms with Crippen molar-refractivity contribution in [3.8, 4) is 0 Å². The summed E-state index contributed by atoms with van der Waals surface area (Å²) in [6.45, 7) is 3.08. The number of hydrogen-bond donors (Lipinski definition) is 0. The molecule has 7 heteroatoms. The van der Waals surface area contributed by atoms with Crippen LogP contribution >= 0.6 is 0 Å². The van der Waals surface area contributed by atoms with Gasteiger partial charge in [-0.05, 0) is 55.0 Å². The van der Waals surface area contributed by atoms with E-state index in [2.05, 4.69) is 0 Å². The van der Waals surface area contributed by atoms with Crippen molar-refractivity contribution >= 4 is 16.9 Å². The smallest absolute Gasteiger partial charge is 0.308 e. The Morgan fingerprint density at radius 1 is 1.00 bits per heavy atom. The average Bonchev–Trinajstić information content (AvgIpc) is 3.01. The number of rotatable bonds is 4. The number of aromatic nitrogens is 2. The van der Waals surface area contributed by atoms with Crippen LogP contribution in [-0.2, 0) is 6.42 Å². The second kappa shape index (κ2) is 7.81. The van der Waals surface area contributed by atoms with E-state index in [9.17, 15) is 18.4 Å². The fraction of sp³-hybridized carbons (Fsp3) is 0.364. The molecule has 0 amide bonds. The lowest BCUT2D eigenvalue weighted by Gasteiger charge is -2.29. The number of halogens is 2. The normalized spacial score (nSPS) is 14.5. The van der Waals surface area contributed by atoms with Crippen molar-refractivity contribution in [1.82, 2.24) is 9.24 Å². The van der Waals surface area contributed by atoms with Crippen LogP contribution in [0.2, 0.25) is 0 Å². The first-order chi connectivity index (χ1) is 14.0. The fourth-order valence-electron chi connectivity index (χ4n) is 4.04. The summed E-state index contributed by atoms with van der Waals surface area (Å²) in [7, 11) is 0. The zero-order chi connectivity index (χ0) is 20.5. The Hall–Kier alpha value is -2.96. The van der Waals surface area contributed by atoms with Gasteiger partial charge in [0.05, 0.1) is 11.0 Å². The van der Waals surface area contributed by atoms with Crippen LogP contribution in [0.5, 0.6) is 0 Å². The second-order valence-electron chi connectivity index (χ2n) is 7.43. The van der Waals surface area contributed by atoms with E-state index in [1.54, 1.807) is 23.7 Å². The topological polar surface area (TPSA) is 47.2 Å². The van der Waals surface area contributed by atoms with E-state index >= 15 is 0 Å². The summed E-state index contributed by atoms with van der Waals surface area (Å²) in [5.41, 5.74) is 1.76. The van der Waals surface area contributed by atoms with Gasteiger partial charge in [0.25, 0.3) is 0 Å². The van der Waals surface area contributed by atoms with Crippen LogP contribution in [0.1, 0.15) is 48.5 Å². The first-order valence-electron chi connectivity index (χ1n) is 9.98. The van der Waals surface area contributed by atoms with Crippen LogP contribution in [0.4, 0.5) is 8.78 Å². The summed E-state index contributed by atoms with van der Waals surface area (Å²) in [6, 6.07) is 8.64. The van der Waals surface area contributed by atoms with Crippen molar-refractivity contribution < 1.29 is 13.6 Å². The van der Waals surface area contributed by atoms with Gasteiger partial charge in [0.15, 0.2) is 0 Å². The third-order valence-electron chi connectivity index (χ3n) is 5.43. The van der Waals surface area contributed by atoms with Gasteiger partial charge in [-0.3, -0.25) is 4.79 Å². The molecule has 0 atom stereocenters. The molecular formula is C22H23F2N3O2. The van der Waals surface area contributed by atoms with Crippen LogP contribution in [0, 0.1) is 11.6 Å². The van der Waals surface area contributed by atoms with Gasteiger partial charge < -0.3 is 5.01 Å². The lowest BCUT2D eigenvalue weighted by molar-refractivity contribution is 0.0908. The van der Waals surface area contributed by atoms with E-state index in [0.29, 0.717) is 30.6 Å². The third kappa shape index (κ3) is 3.57. The Morgan fingerprint density at radius 2 is 1.69 bits per heavy atom. The summed E-state index contributed by atoms with van der Waals surface area (Å²) in [6.07, 6.45) is 3.47. The molecule has 0 aliphatic carbocycles. The maximum Gasteiger partial charge on any atom is 0.354 e. The molecule has 2 aromatic carbocycles. The molecule has 152 valence electrons. The maximum absolute atomic E-state index is 14.5. The molecule has 1 aromatic heterocycles. The number of benzene rings is 2. The maximum atomic E-state index is 14.5. The van der Waals surface area contributed by atoms with E-state index in [1.807, 2.05) is 5.01 Å². The minimum Gasteiger partial charge on any atom is -0.308 e. The predicted octanol–water partition coefficient (Wildman–Crippen LogP) is 3.84. The highest BCUT2D eigenvalue weighted by Crippen LogP contribution is 2.25. The molecule has 0 bridgehead atoms. The number of piperidine rings is 1. The van der Waals surface area contributed by atoms with Crippen molar-refractivity contribution in [2.24, 2.45) is 0 Å². The number of fused-ring (bicyclic) bond motifs is 1. The Kier molecular flexibility index (Phi) is 5.22. The molecule has 0 spiro atoms. The molecule has 0 radical (unpaired) electrons. The molecule has 0 N–H and O–H groups in total. The molecule has 2 heterocycles. The summed E-state index contributed by atoms with van der Waals surface area (Å²) < 4.78 is 30.4. The number of hydrogen-bond acceptors (Lipinski definition) is 3. The lowest BCUT2D eigenvalue weighted by atomic mass is 10.0. The monoisotopic (exact) mass is 399 g/mol. The van der Waals surface area contributed by atoms with Crippen LogP contribution in [0.25, 0.3) is 11.0 Å². The van der Waals surface area contributed by atoms with Crippen LogP contribution < -0.4 is 10.7 Å². The van der Waals surface area contributed by atoms with Crippen molar-refractivity contribution in [1.29, 1.82) is 0 Å². The van der Waals surface area contributed by atoms with Gasteiger partial charge in [-0.2, -0.15) is 0 Å². The number of carbonyl (C=O) groups excluding carboxylic acids is 1. The molecule has 1 saturated heterocycles. The zero-order valence-electron chi connectivity index (χ0n) is 16.3. The van der Waals surface area contributed by atoms with E-state index in [0.717, 1.165) is 29.4 Å². The SMILES string of the molecule is CCC(=O)n1c(=O)n(N2CCCCC2)c2c(Cc3ccc(F)cc3)cc(F)cc21. The fourth-order valence-corrected chi connectivity index (χ4v) is 4.04. The molecular weight excluding hydrogens is 376 g/mol. The van der Waals surface area contributed by atoms with E-state index in [-0.39, 0.29) is 23.7 Å². The summed E-state index contributed by atoms with van der Waals surface area (Å²) in [5.74, 6) is -1.22. The molecule has 0 unspecified atom stereocenters. The molecule has 1 fully saturated rings. The molecule has 3 aromatic rings. The highest BCUT2D eigenvalue weighted by molar-refractivity contribution is 5.92. The predicted molar refractivity (Wildman–Crippen MR) is 108 cm³/mol. The van der Waals surface area contributed by atoms with Crippen molar-refractivity contribution in [3.63, 3.8) is 0 Å². The van der Waals surface area contributed by atoms with Crippen molar-refractivity contribution in [2.75, 3.05) is 18.1 Å². The Balaban J connectivity index is 1.96. The highest BCUT2D eigenvalue weighted by atomic mass is 19.1. The molecule has 1 aliphatic heterocycles. The largest absolute Gasteiger partial charge is 0.354 e. The van der Waals surface area contributed by atoms with Gasteiger partial charge in [0.1, 0.15) is 11.6 Å². The third-order valence-corrected chi connectivity index (χ3v) is 5.43.